The van der Waals surface area contributed by atoms with E-state index in [9.17, 15) is 9.18 Å². The SMILES string of the molecule is Cc1cc2c(c3c1C(=O)/C(=C/c1ccc(F)cc1)O3)CN(C1CCCC1)CO2. The summed E-state index contributed by atoms with van der Waals surface area (Å²) in [5.74, 6) is 1.27. The Hall–Kier alpha value is -2.66. The second kappa shape index (κ2) is 6.74. The summed E-state index contributed by atoms with van der Waals surface area (Å²) in [5, 5.41) is 0. The van der Waals surface area contributed by atoms with Crippen molar-refractivity contribution in [2.24, 2.45) is 0 Å². The van der Waals surface area contributed by atoms with Crippen molar-refractivity contribution in [2.75, 3.05) is 6.73 Å². The number of rotatable bonds is 2. The molecule has 0 aromatic heterocycles. The number of ketones is 1. The number of hydrogen-bond donors (Lipinski definition) is 0. The Morgan fingerprint density at radius 3 is 2.68 bits per heavy atom. The number of aryl methyl sites for hydroxylation is 1. The molecule has 144 valence electrons. The minimum atomic E-state index is -0.307. The third-order valence-electron chi connectivity index (χ3n) is 5.96. The van der Waals surface area contributed by atoms with Crippen LogP contribution in [0.15, 0.2) is 36.1 Å². The van der Waals surface area contributed by atoms with E-state index >= 15 is 0 Å². The first kappa shape index (κ1) is 17.4. The van der Waals surface area contributed by atoms with E-state index in [0.29, 0.717) is 24.1 Å². The number of fused-ring (bicyclic) bond motifs is 3. The molecular weight excluding hydrogens is 357 g/mol. The third kappa shape index (κ3) is 2.90. The van der Waals surface area contributed by atoms with Crippen LogP contribution in [0.3, 0.4) is 0 Å². The van der Waals surface area contributed by atoms with E-state index in [1.165, 1.54) is 37.8 Å². The molecule has 1 aliphatic carbocycles. The van der Waals surface area contributed by atoms with Crippen molar-refractivity contribution in [3.8, 4) is 11.5 Å². The summed E-state index contributed by atoms with van der Waals surface area (Å²) in [4.78, 5) is 15.3. The molecule has 1 saturated carbocycles. The van der Waals surface area contributed by atoms with Crippen molar-refractivity contribution in [2.45, 2.75) is 45.2 Å². The van der Waals surface area contributed by atoms with Crippen LogP contribution in [0.4, 0.5) is 4.39 Å². The lowest BCUT2D eigenvalue weighted by Gasteiger charge is -2.34. The molecule has 2 aromatic rings. The fourth-order valence-electron chi connectivity index (χ4n) is 4.46. The molecular formula is C23H22FNO3. The molecule has 2 aliphatic heterocycles. The van der Waals surface area contributed by atoms with Crippen LogP contribution in [-0.2, 0) is 6.54 Å². The highest BCUT2D eigenvalue weighted by atomic mass is 19.1. The molecule has 0 N–H and O–H groups in total. The minimum Gasteiger partial charge on any atom is -0.478 e. The first-order valence-corrected chi connectivity index (χ1v) is 9.83. The lowest BCUT2D eigenvalue weighted by atomic mass is 9.98. The molecule has 0 atom stereocenters. The number of nitrogens with zero attached hydrogens (tertiary/aromatic N) is 1. The molecule has 5 heteroatoms. The largest absolute Gasteiger partial charge is 0.478 e. The molecule has 3 aliphatic rings. The molecule has 0 radical (unpaired) electrons. The van der Waals surface area contributed by atoms with E-state index < -0.39 is 0 Å². The van der Waals surface area contributed by atoms with Crippen LogP contribution in [-0.4, -0.2) is 23.5 Å². The maximum atomic E-state index is 13.2. The highest BCUT2D eigenvalue weighted by Gasteiger charge is 2.36. The van der Waals surface area contributed by atoms with Gasteiger partial charge in [-0.1, -0.05) is 25.0 Å². The van der Waals surface area contributed by atoms with Crippen molar-refractivity contribution in [1.29, 1.82) is 0 Å². The van der Waals surface area contributed by atoms with E-state index in [2.05, 4.69) is 4.90 Å². The number of Topliss-reactive ketones (excluding diaryl/α,β-unsaturated/α-hetero) is 1. The fourth-order valence-corrected chi connectivity index (χ4v) is 4.46. The molecule has 5 rings (SSSR count). The Morgan fingerprint density at radius 2 is 1.93 bits per heavy atom. The fraction of sp³-hybridized carbons (Fsp3) is 0.348. The van der Waals surface area contributed by atoms with Crippen molar-refractivity contribution in [1.82, 2.24) is 4.90 Å². The Balaban J connectivity index is 1.50. The molecule has 0 bridgehead atoms. The van der Waals surface area contributed by atoms with Crippen LogP contribution in [0.2, 0.25) is 0 Å². The average molecular weight is 379 g/mol. The van der Waals surface area contributed by atoms with Gasteiger partial charge in [-0.2, -0.15) is 0 Å². The van der Waals surface area contributed by atoms with Crippen LogP contribution >= 0.6 is 0 Å². The topological polar surface area (TPSA) is 38.8 Å². The van der Waals surface area contributed by atoms with E-state index in [0.717, 1.165) is 29.0 Å². The zero-order chi connectivity index (χ0) is 19.3. The Morgan fingerprint density at radius 1 is 1.18 bits per heavy atom. The molecule has 0 unspecified atom stereocenters. The lowest BCUT2D eigenvalue weighted by Crippen LogP contribution is -2.39. The van der Waals surface area contributed by atoms with Crippen molar-refractivity contribution in [3.63, 3.8) is 0 Å². The standard InChI is InChI=1S/C23H22FNO3/c1-14-10-19-18(12-25(13-27-19)17-4-2-3-5-17)23-21(14)22(26)20(28-23)11-15-6-8-16(24)9-7-15/h6-11,17H,2-5,12-13H2,1H3/b20-11-. The Labute approximate surface area is 163 Å². The summed E-state index contributed by atoms with van der Waals surface area (Å²) in [6, 6.07) is 8.50. The van der Waals surface area contributed by atoms with Gasteiger partial charge in [0.2, 0.25) is 5.78 Å². The second-order valence-electron chi connectivity index (χ2n) is 7.82. The number of carbonyl (C=O) groups is 1. The van der Waals surface area contributed by atoms with Gasteiger partial charge in [-0.25, -0.2) is 4.39 Å². The van der Waals surface area contributed by atoms with Gasteiger partial charge >= 0.3 is 0 Å². The predicted molar refractivity (Wildman–Crippen MR) is 104 cm³/mol. The maximum Gasteiger partial charge on any atom is 0.232 e. The number of carbonyl (C=O) groups excluding carboxylic acids is 1. The van der Waals surface area contributed by atoms with Crippen LogP contribution in [0.1, 0.15) is 52.7 Å². The van der Waals surface area contributed by atoms with Crippen LogP contribution in [0, 0.1) is 12.7 Å². The zero-order valence-electron chi connectivity index (χ0n) is 15.8. The summed E-state index contributed by atoms with van der Waals surface area (Å²) >= 11 is 0. The molecule has 28 heavy (non-hydrogen) atoms. The van der Waals surface area contributed by atoms with Gasteiger partial charge in [-0.05, 0) is 55.2 Å². The van der Waals surface area contributed by atoms with Gasteiger partial charge in [0.15, 0.2) is 5.76 Å². The van der Waals surface area contributed by atoms with E-state index in [4.69, 9.17) is 9.47 Å². The summed E-state index contributed by atoms with van der Waals surface area (Å²) < 4.78 is 25.2. The summed E-state index contributed by atoms with van der Waals surface area (Å²) in [5.41, 5.74) is 3.15. The van der Waals surface area contributed by atoms with Crippen LogP contribution in [0.5, 0.6) is 11.5 Å². The Kier molecular flexibility index (Phi) is 4.20. The number of hydrogen-bond acceptors (Lipinski definition) is 4. The summed E-state index contributed by atoms with van der Waals surface area (Å²) in [6.45, 7) is 3.23. The highest BCUT2D eigenvalue weighted by molar-refractivity contribution is 6.15. The number of halogens is 1. The molecule has 0 spiro atoms. The lowest BCUT2D eigenvalue weighted by molar-refractivity contribution is 0.0567. The van der Waals surface area contributed by atoms with Gasteiger partial charge in [0.1, 0.15) is 24.0 Å². The molecule has 1 fully saturated rings. The average Bonchev–Trinajstić information content (AvgIpc) is 3.33. The van der Waals surface area contributed by atoms with E-state index in [1.807, 2.05) is 13.0 Å². The number of benzene rings is 2. The summed E-state index contributed by atoms with van der Waals surface area (Å²) in [7, 11) is 0. The molecule has 2 heterocycles. The van der Waals surface area contributed by atoms with E-state index in [-0.39, 0.29) is 17.4 Å². The van der Waals surface area contributed by atoms with Crippen molar-refractivity contribution < 1.29 is 18.7 Å². The highest BCUT2D eigenvalue weighted by Crippen LogP contribution is 2.44. The van der Waals surface area contributed by atoms with Gasteiger partial charge in [-0.3, -0.25) is 9.69 Å². The Bertz CT molecular complexity index is 974. The molecule has 2 aromatic carbocycles. The van der Waals surface area contributed by atoms with Crippen molar-refractivity contribution >= 4 is 11.9 Å². The van der Waals surface area contributed by atoms with Gasteiger partial charge < -0.3 is 9.47 Å². The van der Waals surface area contributed by atoms with Crippen LogP contribution < -0.4 is 9.47 Å². The van der Waals surface area contributed by atoms with Gasteiger partial charge in [-0.15, -0.1) is 0 Å². The summed E-state index contributed by atoms with van der Waals surface area (Å²) in [6.07, 6.45) is 6.59. The monoisotopic (exact) mass is 379 g/mol. The number of ether oxygens (including phenoxy) is 2. The molecule has 4 nitrogen and oxygen atoms in total. The first-order chi connectivity index (χ1) is 13.6. The van der Waals surface area contributed by atoms with Crippen molar-refractivity contribution in [3.05, 3.63) is 64.2 Å². The van der Waals surface area contributed by atoms with Gasteiger partial charge in [0.25, 0.3) is 0 Å². The van der Waals surface area contributed by atoms with Gasteiger partial charge in [0, 0.05) is 12.6 Å². The maximum absolute atomic E-state index is 13.2. The molecule has 0 saturated heterocycles. The number of allylic oxidation sites excluding steroid dienone is 1. The smallest absolute Gasteiger partial charge is 0.232 e. The third-order valence-corrected chi connectivity index (χ3v) is 5.96. The normalized spacial score (nSPS) is 20.8. The van der Waals surface area contributed by atoms with E-state index in [1.54, 1.807) is 18.2 Å². The minimum absolute atomic E-state index is 0.127. The predicted octanol–water partition coefficient (Wildman–Crippen LogP) is 4.84. The van der Waals surface area contributed by atoms with Gasteiger partial charge in [0.05, 0.1) is 11.1 Å². The first-order valence-electron chi connectivity index (χ1n) is 9.83. The zero-order valence-corrected chi connectivity index (χ0v) is 15.8. The second-order valence-corrected chi connectivity index (χ2v) is 7.82. The van der Waals surface area contributed by atoms with Crippen LogP contribution in [0.25, 0.3) is 6.08 Å². The quantitative estimate of drug-likeness (QED) is 0.700. The molecule has 0 amide bonds.